The highest BCUT2D eigenvalue weighted by Gasteiger charge is 2.19. The molecule has 0 aliphatic rings. The van der Waals surface area contributed by atoms with Crippen molar-refractivity contribution in [3.63, 3.8) is 0 Å². The minimum Gasteiger partial charge on any atom is -0.383 e. The van der Waals surface area contributed by atoms with Gasteiger partial charge in [0.1, 0.15) is 6.10 Å². The zero-order valence-corrected chi connectivity index (χ0v) is 13.6. The molecule has 0 spiro atoms. The summed E-state index contributed by atoms with van der Waals surface area (Å²) in [6, 6.07) is 11.8. The van der Waals surface area contributed by atoms with E-state index in [4.69, 9.17) is 0 Å². The fourth-order valence-electron chi connectivity index (χ4n) is 2.14. The molecule has 1 aromatic carbocycles. The van der Waals surface area contributed by atoms with Gasteiger partial charge in [0.15, 0.2) is 0 Å². The van der Waals surface area contributed by atoms with Gasteiger partial charge >= 0.3 is 0 Å². The van der Waals surface area contributed by atoms with E-state index in [0.29, 0.717) is 13.0 Å². The van der Waals surface area contributed by atoms with E-state index in [0.717, 1.165) is 22.7 Å². The van der Waals surface area contributed by atoms with Crippen molar-refractivity contribution in [2.24, 2.45) is 0 Å². The quantitative estimate of drug-likeness (QED) is 0.820. The first-order chi connectivity index (χ1) is 10.6. The number of aliphatic hydroxyl groups excluding tert-OH is 1. The summed E-state index contributed by atoms with van der Waals surface area (Å²) in [6.45, 7) is 0.398. The summed E-state index contributed by atoms with van der Waals surface area (Å²) in [7, 11) is 1.69. The van der Waals surface area contributed by atoms with Crippen LogP contribution in [0.25, 0.3) is 11.3 Å². The van der Waals surface area contributed by atoms with E-state index in [1.807, 2.05) is 42.7 Å². The molecular formula is C16H21N3O2S. The van der Waals surface area contributed by atoms with Crippen LogP contribution in [0.2, 0.25) is 0 Å². The number of amides is 1. The Morgan fingerprint density at radius 1 is 1.41 bits per heavy atom. The highest BCUT2D eigenvalue weighted by molar-refractivity contribution is 7.98. The first-order valence-electron chi connectivity index (χ1n) is 7.13. The van der Waals surface area contributed by atoms with Crippen molar-refractivity contribution in [2.45, 2.75) is 19.1 Å². The van der Waals surface area contributed by atoms with E-state index in [1.165, 1.54) is 4.90 Å². The molecule has 1 aromatic heterocycles. The number of rotatable bonds is 7. The second kappa shape index (κ2) is 8.00. The Balaban J connectivity index is 1.96. The molecular weight excluding hydrogens is 298 g/mol. The van der Waals surface area contributed by atoms with E-state index in [1.54, 1.807) is 18.8 Å². The fraction of sp³-hybridized carbons (Fsp3) is 0.375. The molecule has 0 aliphatic carbocycles. The van der Waals surface area contributed by atoms with Crippen molar-refractivity contribution in [1.29, 1.82) is 0 Å². The van der Waals surface area contributed by atoms with Crippen molar-refractivity contribution in [2.75, 3.05) is 19.1 Å². The van der Waals surface area contributed by atoms with Crippen LogP contribution in [-0.2, 0) is 11.3 Å². The lowest BCUT2D eigenvalue weighted by molar-refractivity contribution is -0.139. The molecule has 0 aliphatic heterocycles. The molecule has 1 amide bonds. The predicted molar refractivity (Wildman–Crippen MR) is 89.5 cm³/mol. The van der Waals surface area contributed by atoms with Gasteiger partial charge in [-0.15, -0.1) is 0 Å². The number of aromatic amines is 1. The zero-order valence-electron chi connectivity index (χ0n) is 12.8. The van der Waals surface area contributed by atoms with Gasteiger partial charge in [0.2, 0.25) is 0 Å². The predicted octanol–water partition coefficient (Wildman–Crippen LogP) is 2.15. The number of aliphatic hydroxyl groups is 1. The van der Waals surface area contributed by atoms with E-state index in [-0.39, 0.29) is 5.91 Å². The van der Waals surface area contributed by atoms with Gasteiger partial charge in [-0.1, -0.05) is 30.3 Å². The molecule has 0 saturated heterocycles. The molecule has 0 fully saturated rings. The molecule has 6 heteroatoms. The number of nitrogens with one attached hydrogen (secondary N) is 1. The molecule has 22 heavy (non-hydrogen) atoms. The Kier molecular flexibility index (Phi) is 6.03. The first kappa shape index (κ1) is 16.6. The molecule has 5 nitrogen and oxygen atoms in total. The highest BCUT2D eigenvalue weighted by atomic mass is 32.2. The van der Waals surface area contributed by atoms with Crippen molar-refractivity contribution < 1.29 is 9.90 Å². The van der Waals surface area contributed by atoms with Crippen molar-refractivity contribution in [1.82, 2.24) is 15.1 Å². The summed E-state index contributed by atoms with van der Waals surface area (Å²) in [4.78, 5) is 13.6. The maximum atomic E-state index is 12.1. The molecule has 1 atom stereocenters. The number of benzene rings is 1. The summed E-state index contributed by atoms with van der Waals surface area (Å²) in [5.74, 6) is 0.507. The highest BCUT2D eigenvalue weighted by Crippen LogP contribution is 2.17. The third-order valence-corrected chi connectivity index (χ3v) is 4.01. The van der Waals surface area contributed by atoms with Gasteiger partial charge < -0.3 is 10.0 Å². The van der Waals surface area contributed by atoms with Crippen molar-refractivity contribution in [3.05, 3.63) is 42.1 Å². The van der Waals surface area contributed by atoms with Crippen LogP contribution in [0.1, 0.15) is 12.1 Å². The molecule has 0 saturated carbocycles. The van der Waals surface area contributed by atoms with Crippen LogP contribution >= 0.6 is 11.8 Å². The summed E-state index contributed by atoms with van der Waals surface area (Å²) in [5, 5.41) is 17.1. The van der Waals surface area contributed by atoms with Gasteiger partial charge in [-0.25, -0.2) is 0 Å². The number of hydrogen-bond donors (Lipinski definition) is 2. The van der Waals surface area contributed by atoms with E-state index in [2.05, 4.69) is 10.2 Å². The summed E-state index contributed by atoms with van der Waals surface area (Å²) >= 11 is 1.62. The Morgan fingerprint density at radius 2 is 2.14 bits per heavy atom. The number of thioether (sulfide) groups is 1. The summed E-state index contributed by atoms with van der Waals surface area (Å²) < 4.78 is 0. The van der Waals surface area contributed by atoms with Crippen molar-refractivity contribution in [3.8, 4) is 11.3 Å². The van der Waals surface area contributed by atoms with Crippen LogP contribution in [-0.4, -0.2) is 51.3 Å². The molecule has 0 radical (unpaired) electrons. The Bertz CT molecular complexity index is 600. The minimum absolute atomic E-state index is 0.259. The summed E-state index contributed by atoms with van der Waals surface area (Å²) in [6.07, 6.45) is 1.49. The lowest BCUT2D eigenvalue weighted by Crippen LogP contribution is -2.36. The average Bonchev–Trinajstić information content (AvgIpc) is 3.01. The number of nitrogens with zero attached hydrogens (tertiary/aromatic N) is 2. The maximum Gasteiger partial charge on any atom is 0.251 e. The molecule has 1 heterocycles. The smallest absolute Gasteiger partial charge is 0.251 e. The van der Waals surface area contributed by atoms with Gasteiger partial charge in [-0.2, -0.15) is 16.9 Å². The number of carbonyl (C=O) groups is 1. The van der Waals surface area contributed by atoms with Crippen molar-refractivity contribution >= 4 is 17.7 Å². The van der Waals surface area contributed by atoms with E-state index >= 15 is 0 Å². The lowest BCUT2D eigenvalue weighted by atomic mass is 10.1. The standard InChI is InChI=1S/C16H21N3O2S/c1-19(16(21)15(20)8-9-22-2)11-13-10-14(18-17-13)12-6-4-3-5-7-12/h3-7,10,15,20H,8-9,11H2,1-2H3,(H,17,18)/t15-/m0/s1. The minimum atomic E-state index is -0.936. The molecule has 0 bridgehead atoms. The molecule has 2 N–H and O–H groups in total. The molecule has 2 aromatic rings. The first-order valence-corrected chi connectivity index (χ1v) is 8.53. The zero-order chi connectivity index (χ0) is 15.9. The normalized spacial score (nSPS) is 12.1. The second-order valence-corrected chi connectivity index (χ2v) is 6.12. The number of carbonyl (C=O) groups excluding carboxylic acids is 1. The largest absolute Gasteiger partial charge is 0.383 e. The third-order valence-electron chi connectivity index (χ3n) is 3.36. The van der Waals surface area contributed by atoms with E-state index < -0.39 is 6.10 Å². The second-order valence-electron chi connectivity index (χ2n) is 5.14. The number of likely N-dealkylation sites (N-methyl/N-ethyl adjacent to an activating group) is 1. The van der Waals surface area contributed by atoms with Gasteiger partial charge in [0, 0.05) is 12.6 Å². The molecule has 118 valence electrons. The Morgan fingerprint density at radius 3 is 2.82 bits per heavy atom. The van der Waals surface area contributed by atoms with Gasteiger partial charge in [0.05, 0.1) is 17.9 Å². The number of H-pyrrole nitrogens is 1. The van der Waals surface area contributed by atoms with Crippen LogP contribution in [0.15, 0.2) is 36.4 Å². The SMILES string of the molecule is CSCC[C@H](O)C(=O)N(C)Cc1cc(-c2ccccc2)n[nH]1. The van der Waals surface area contributed by atoms with Gasteiger partial charge in [-0.3, -0.25) is 9.89 Å². The van der Waals surface area contributed by atoms with Crippen LogP contribution in [0.4, 0.5) is 0 Å². The topological polar surface area (TPSA) is 69.2 Å². The van der Waals surface area contributed by atoms with Crippen LogP contribution < -0.4 is 0 Å². The molecule has 2 rings (SSSR count). The van der Waals surface area contributed by atoms with Crippen LogP contribution in [0, 0.1) is 0 Å². The lowest BCUT2D eigenvalue weighted by Gasteiger charge is -2.19. The maximum absolute atomic E-state index is 12.1. The van der Waals surface area contributed by atoms with Crippen LogP contribution in [0.3, 0.4) is 0 Å². The van der Waals surface area contributed by atoms with Gasteiger partial charge in [0.25, 0.3) is 5.91 Å². The van der Waals surface area contributed by atoms with E-state index in [9.17, 15) is 9.90 Å². The monoisotopic (exact) mass is 319 g/mol. The summed E-state index contributed by atoms with van der Waals surface area (Å²) in [5.41, 5.74) is 2.71. The number of aromatic nitrogens is 2. The average molecular weight is 319 g/mol. The fourth-order valence-corrected chi connectivity index (χ4v) is 2.60. The van der Waals surface area contributed by atoms with Crippen LogP contribution in [0.5, 0.6) is 0 Å². The molecule has 0 unspecified atom stereocenters. The number of hydrogen-bond acceptors (Lipinski definition) is 4. The van der Waals surface area contributed by atoms with Gasteiger partial charge in [-0.05, 0) is 24.5 Å². The Hall–Kier alpha value is -1.79. The Labute approximate surface area is 134 Å². The third kappa shape index (κ3) is 4.35.